The van der Waals surface area contributed by atoms with E-state index in [1.807, 2.05) is 42.1 Å². The van der Waals surface area contributed by atoms with E-state index >= 15 is 0 Å². The largest absolute Gasteiger partial charge is 0.378 e. The average molecular weight is 330 g/mol. The lowest BCUT2D eigenvalue weighted by Crippen LogP contribution is -2.43. The van der Waals surface area contributed by atoms with Gasteiger partial charge in [-0.15, -0.1) is 0 Å². The van der Waals surface area contributed by atoms with E-state index in [0.717, 1.165) is 17.7 Å². The summed E-state index contributed by atoms with van der Waals surface area (Å²) < 4.78 is 0. The molecule has 6 nitrogen and oxygen atoms in total. The summed E-state index contributed by atoms with van der Waals surface area (Å²) in [5.74, 6) is 0.763. The summed E-state index contributed by atoms with van der Waals surface area (Å²) in [6.45, 7) is 3.27. The van der Waals surface area contributed by atoms with Gasteiger partial charge in [-0.2, -0.15) is 0 Å². The number of carbonyl (C=O) groups excluding carboxylic acids is 2. The summed E-state index contributed by atoms with van der Waals surface area (Å²) in [4.78, 5) is 28.1. The summed E-state index contributed by atoms with van der Waals surface area (Å²) in [5, 5.41) is 5.80. The van der Waals surface area contributed by atoms with Gasteiger partial charge >= 0.3 is 6.03 Å². The molecule has 3 rings (SSSR count). The van der Waals surface area contributed by atoms with Crippen molar-refractivity contribution in [1.82, 2.24) is 15.5 Å². The second kappa shape index (κ2) is 6.71. The molecule has 1 heterocycles. The van der Waals surface area contributed by atoms with Gasteiger partial charge < -0.3 is 20.4 Å². The fourth-order valence-electron chi connectivity index (χ4n) is 3.25. The smallest absolute Gasteiger partial charge is 0.315 e. The number of anilines is 1. The van der Waals surface area contributed by atoms with Crippen LogP contribution in [0.3, 0.4) is 0 Å². The van der Waals surface area contributed by atoms with Crippen LogP contribution in [0.25, 0.3) is 0 Å². The molecular formula is C18H26N4O2. The number of hydrogen-bond donors (Lipinski definition) is 2. The molecule has 1 aromatic carbocycles. The standard InChI is InChI=1S/C18H26N4O2/c1-12-7-16(12)22-11-14(9-17(22)23)20-18(24)19-10-13-5-4-6-15(8-13)21(2)3/h4-6,8,12,14,16H,7,9-11H2,1-3H3,(H2,19,20,24)/t12-,14-,16-/m1/s1. The number of urea groups is 1. The molecule has 1 saturated heterocycles. The van der Waals surface area contributed by atoms with Crippen molar-refractivity contribution in [3.05, 3.63) is 29.8 Å². The highest BCUT2D eigenvalue weighted by Crippen LogP contribution is 2.37. The molecule has 0 spiro atoms. The SMILES string of the molecule is C[C@@H]1C[C@H]1N1C[C@H](NC(=O)NCc2cccc(N(C)C)c2)CC1=O. The highest BCUT2D eigenvalue weighted by Gasteiger charge is 2.44. The van der Waals surface area contributed by atoms with Crippen LogP contribution < -0.4 is 15.5 Å². The van der Waals surface area contributed by atoms with Gasteiger partial charge in [0.05, 0.1) is 6.04 Å². The van der Waals surface area contributed by atoms with E-state index in [2.05, 4.69) is 23.6 Å². The summed E-state index contributed by atoms with van der Waals surface area (Å²) in [6, 6.07) is 8.14. The fourth-order valence-corrected chi connectivity index (χ4v) is 3.25. The van der Waals surface area contributed by atoms with Crippen molar-refractivity contribution in [3.63, 3.8) is 0 Å². The van der Waals surface area contributed by atoms with E-state index < -0.39 is 0 Å². The zero-order valence-electron chi connectivity index (χ0n) is 14.6. The third-order valence-corrected chi connectivity index (χ3v) is 4.84. The molecule has 2 N–H and O–H groups in total. The predicted octanol–water partition coefficient (Wildman–Crippen LogP) is 1.56. The van der Waals surface area contributed by atoms with E-state index in [9.17, 15) is 9.59 Å². The maximum absolute atomic E-state index is 12.1. The van der Waals surface area contributed by atoms with Crippen LogP contribution >= 0.6 is 0 Å². The Labute approximate surface area is 143 Å². The van der Waals surface area contributed by atoms with Gasteiger partial charge in [-0.05, 0) is 30.0 Å². The molecular weight excluding hydrogens is 304 g/mol. The number of carbonyl (C=O) groups is 2. The van der Waals surface area contributed by atoms with Gasteiger partial charge in [-0.3, -0.25) is 4.79 Å². The van der Waals surface area contributed by atoms with Crippen LogP contribution in [0.1, 0.15) is 25.3 Å². The maximum Gasteiger partial charge on any atom is 0.315 e. The Hall–Kier alpha value is -2.24. The number of nitrogens with zero attached hydrogens (tertiary/aromatic N) is 2. The molecule has 130 valence electrons. The maximum atomic E-state index is 12.1. The Morgan fingerprint density at radius 2 is 2.12 bits per heavy atom. The number of nitrogens with one attached hydrogen (secondary N) is 2. The molecule has 3 amide bonds. The van der Waals surface area contributed by atoms with Crippen LogP contribution in [-0.4, -0.2) is 49.6 Å². The molecule has 3 atom stereocenters. The molecule has 1 aromatic rings. The average Bonchev–Trinajstić information content (AvgIpc) is 3.15. The van der Waals surface area contributed by atoms with Crippen molar-refractivity contribution < 1.29 is 9.59 Å². The predicted molar refractivity (Wildman–Crippen MR) is 93.8 cm³/mol. The van der Waals surface area contributed by atoms with Crippen molar-refractivity contribution in [1.29, 1.82) is 0 Å². The molecule has 0 radical (unpaired) electrons. The Balaban J connectivity index is 1.46. The highest BCUT2D eigenvalue weighted by atomic mass is 16.2. The van der Waals surface area contributed by atoms with Crippen LogP contribution in [0.4, 0.5) is 10.5 Å². The Kier molecular flexibility index (Phi) is 4.64. The van der Waals surface area contributed by atoms with Gasteiger partial charge in [0.15, 0.2) is 0 Å². The molecule has 0 unspecified atom stereocenters. The lowest BCUT2D eigenvalue weighted by molar-refractivity contribution is -0.128. The number of benzene rings is 1. The Morgan fingerprint density at radius 3 is 2.79 bits per heavy atom. The first-order chi connectivity index (χ1) is 11.4. The molecule has 1 aliphatic carbocycles. The zero-order valence-corrected chi connectivity index (χ0v) is 14.6. The molecule has 1 saturated carbocycles. The fraction of sp³-hybridized carbons (Fsp3) is 0.556. The molecule has 6 heteroatoms. The van der Waals surface area contributed by atoms with Crippen molar-refractivity contribution in [2.45, 2.75) is 38.4 Å². The minimum absolute atomic E-state index is 0.0848. The van der Waals surface area contributed by atoms with Gasteiger partial charge in [0.2, 0.25) is 5.91 Å². The van der Waals surface area contributed by atoms with Crippen LogP contribution in [0, 0.1) is 5.92 Å². The van der Waals surface area contributed by atoms with Crippen LogP contribution in [0.5, 0.6) is 0 Å². The van der Waals surface area contributed by atoms with Crippen molar-refractivity contribution in [2.24, 2.45) is 5.92 Å². The van der Waals surface area contributed by atoms with Gasteiger partial charge in [-0.1, -0.05) is 19.1 Å². The number of amides is 3. The third-order valence-electron chi connectivity index (χ3n) is 4.84. The molecule has 2 aliphatic rings. The third kappa shape index (κ3) is 3.80. The van der Waals surface area contributed by atoms with Gasteiger partial charge in [0.1, 0.15) is 0 Å². The molecule has 0 bridgehead atoms. The summed E-state index contributed by atoms with van der Waals surface area (Å²) >= 11 is 0. The van der Waals surface area contributed by atoms with Crippen molar-refractivity contribution in [3.8, 4) is 0 Å². The first-order valence-electron chi connectivity index (χ1n) is 8.54. The minimum atomic E-state index is -0.214. The van der Waals surface area contributed by atoms with Crippen LogP contribution in [0.15, 0.2) is 24.3 Å². The summed E-state index contributed by atoms with van der Waals surface area (Å²) in [6.07, 6.45) is 1.50. The minimum Gasteiger partial charge on any atom is -0.378 e. The highest BCUT2D eigenvalue weighted by molar-refractivity contribution is 5.82. The topological polar surface area (TPSA) is 64.7 Å². The first kappa shape index (κ1) is 16.6. The first-order valence-corrected chi connectivity index (χ1v) is 8.54. The van der Waals surface area contributed by atoms with Crippen molar-refractivity contribution in [2.75, 3.05) is 25.5 Å². The second-order valence-electron chi connectivity index (χ2n) is 7.12. The Morgan fingerprint density at radius 1 is 1.38 bits per heavy atom. The normalized spacial score (nSPS) is 25.5. The van der Waals surface area contributed by atoms with E-state index in [4.69, 9.17) is 0 Å². The van der Waals surface area contributed by atoms with Crippen LogP contribution in [0.2, 0.25) is 0 Å². The monoisotopic (exact) mass is 330 g/mol. The lowest BCUT2D eigenvalue weighted by atomic mass is 10.2. The molecule has 2 fully saturated rings. The molecule has 0 aromatic heterocycles. The van der Waals surface area contributed by atoms with Crippen molar-refractivity contribution >= 4 is 17.6 Å². The summed E-state index contributed by atoms with van der Waals surface area (Å²) in [7, 11) is 3.98. The second-order valence-corrected chi connectivity index (χ2v) is 7.12. The van der Waals surface area contributed by atoms with E-state index in [1.165, 1.54) is 0 Å². The van der Waals surface area contributed by atoms with E-state index in [0.29, 0.717) is 31.5 Å². The Bertz CT molecular complexity index is 631. The molecule has 24 heavy (non-hydrogen) atoms. The van der Waals surface area contributed by atoms with Gasteiger partial charge in [-0.25, -0.2) is 4.79 Å². The van der Waals surface area contributed by atoms with E-state index in [-0.39, 0.29) is 18.0 Å². The number of hydrogen-bond acceptors (Lipinski definition) is 3. The summed E-state index contributed by atoms with van der Waals surface area (Å²) in [5.41, 5.74) is 2.15. The zero-order chi connectivity index (χ0) is 17.3. The molecule has 1 aliphatic heterocycles. The van der Waals surface area contributed by atoms with Gasteiger partial charge in [0, 0.05) is 45.3 Å². The quantitative estimate of drug-likeness (QED) is 0.861. The number of likely N-dealkylation sites (tertiary alicyclic amines) is 1. The lowest BCUT2D eigenvalue weighted by Gasteiger charge is -2.17. The number of rotatable bonds is 5. The van der Waals surface area contributed by atoms with Crippen LogP contribution in [-0.2, 0) is 11.3 Å². The van der Waals surface area contributed by atoms with E-state index in [1.54, 1.807) is 0 Å². The van der Waals surface area contributed by atoms with Gasteiger partial charge in [0.25, 0.3) is 0 Å².